The Morgan fingerprint density at radius 1 is 1.15 bits per heavy atom. The number of nitrogens with one attached hydrogen (secondary N) is 3. The Kier molecular flexibility index (Phi) is 5.93. The Morgan fingerprint density at radius 3 is 2.56 bits per heavy atom. The summed E-state index contributed by atoms with van der Waals surface area (Å²) in [4.78, 5) is 12.7. The third kappa shape index (κ3) is 4.20. The lowest BCUT2D eigenvalue weighted by Crippen LogP contribution is -2.27. The van der Waals surface area contributed by atoms with E-state index in [1.165, 1.54) is 20.3 Å². The predicted octanol–water partition coefficient (Wildman–Crippen LogP) is 2.53. The Morgan fingerprint density at radius 2 is 1.89 bits per heavy atom. The van der Waals surface area contributed by atoms with Crippen LogP contribution in [0.2, 0.25) is 0 Å². The molecule has 1 heterocycles. The number of rotatable bonds is 6. The largest absolute Gasteiger partial charge is 0.497 e. The molecule has 1 saturated heterocycles. The van der Waals surface area contributed by atoms with Crippen LogP contribution < -0.4 is 25.6 Å². The van der Waals surface area contributed by atoms with Crippen molar-refractivity contribution in [1.29, 1.82) is 0 Å². The summed E-state index contributed by atoms with van der Waals surface area (Å²) in [6.07, 6.45) is 0. The smallest absolute Gasteiger partial charge is 0.255 e. The molecule has 0 radical (unpaired) electrons. The van der Waals surface area contributed by atoms with Gasteiger partial charge in [0, 0.05) is 24.6 Å². The van der Waals surface area contributed by atoms with Crippen LogP contribution in [0.1, 0.15) is 40.4 Å². The number of hydrogen-bond donors (Lipinski definition) is 3. The molecule has 3 rings (SSSR count). The first kappa shape index (κ1) is 19.1. The van der Waals surface area contributed by atoms with Crippen molar-refractivity contribution in [2.24, 2.45) is 0 Å². The van der Waals surface area contributed by atoms with Gasteiger partial charge in [-0.25, -0.2) is 4.39 Å². The Bertz CT molecular complexity index is 822. The fourth-order valence-electron chi connectivity index (χ4n) is 3.18. The van der Waals surface area contributed by atoms with Gasteiger partial charge < -0.3 is 14.8 Å². The number of halogens is 1. The highest BCUT2D eigenvalue weighted by atomic mass is 19.1. The summed E-state index contributed by atoms with van der Waals surface area (Å²) < 4.78 is 24.7. The molecular weight excluding hydrogens is 349 g/mol. The number of methoxy groups -OCH3 is 2. The van der Waals surface area contributed by atoms with E-state index < -0.39 is 11.9 Å². The monoisotopic (exact) mass is 373 g/mol. The molecule has 1 amide bonds. The van der Waals surface area contributed by atoms with Gasteiger partial charge >= 0.3 is 0 Å². The molecular formula is C20H24FN3O3. The van der Waals surface area contributed by atoms with Gasteiger partial charge in [0.1, 0.15) is 17.3 Å². The summed E-state index contributed by atoms with van der Waals surface area (Å²) in [5, 5.41) is 2.83. The molecule has 0 aromatic heterocycles. The average Bonchev–Trinajstić information content (AvgIpc) is 3.22. The number of ether oxygens (including phenoxy) is 2. The first-order valence-corrected chi connectivity index (χ1v) is 8.81. The van der Waals surface area contributed by atoms with Gasteiger partial charge in [-0.2, -0.15) is 0 Å². The van der Waals surface area contributed by atoms with E-state index in [-0.39, 0.29) is 5.91 Å². The van der Waals surface area contributed by atoms with Gasteiger partial charge in [-0.05, 0) is 42.8 Å². The molecule has 1 aliphatic heterocycles. The van der Waals surface area contributed by atoms with Crippen LogP contribution in [-0.2, 0) is 0 Å². The van der Waals surface area contributed by atoms with Crippen molar-refractivity contribution in [3.05, 3.63) is 58.9 Å². The van der Waals surface area contributed by atoms with Gasteiger partial charge in [0.15, 0.2) is 0 Å². The molecule has 3 N–H and O–H groups in total. The van der Waals surface area contributed by atoms with Crippen molar-refractivity contribution < 1.29 is 18.7 Å². The zero-order valence-corrected chi connectivity index (χ0v) is 15.6. The lowest BCUT2D eigenvalue weighted by molar-refractivity contribution is 0.0936. The lowest BCUT2D eigenvalue weighted by Gasteiger charge is -2.18. The molecule has 7 heteroatoms. The fraction of sp³-hybridized carbons (Fsp3) is 0.350. The number of hydrogen-bond acceptors (Lipinski definition) is 5. The van der Waals surface area contributed by atoms with E-state index in [0.717, 1.165) is 18.7 Å². The summed E-state index contributed by atoms with van der Waals surface area (Å²) in [5.41, 5.74) is 8.04. The van der Waals surface area contributed by atoms with Gasteiger partial charge in [0.25, 0.3) is 5.91 Å². The maximum Gasteiger partial charge on any atom is 0.255 e. The Labute approximate surface area is 158 Å². The minimum absolute atomic E-state index is 0.320. The highest BCUT2D eigenvalue weighted by molar-refractivity contribution is 5.97. The van der Waals surface area contributed by atoms with E-state index in [2.05, 4.69) is 16.2 Å². The second-order valence-electron chi connectivity index (χ2n) is 6.50. The first-order chi connectivity index (χ1) is 13.0. The molecule has 144 valence electrons. The average molecular weight is 373 g/mol. The van der Waals surface area contributed by atoms with Gasteiger partial charge in [0.2, 0.25) is 0 Å². The fourth-order valence-corrected chi connectivity index (χ4v) is 3.18. The second-order valence-corrected chi connectivity index (χ2v) is 6.50. The summed E-state index contributed by atoms with van der Waals surface area (Å²) in [6.45, 7) is 3.37. The molecule has 27 heavy (non-hydrogen) atoms. The Balaban J connectivity index is 1.79. The maximum atomic E-state index is 14.1. The summed E-state index contributed by atoms with van der Waals surface area (Å²) in [6, 6.07) is 9.48. The van der Waals surface area contributed by atoms with Crippen LogP contribution in [0.4, 0.5) is 4.39 Å². The predicted molar refractivity (Wildman–Crippen MR) is 101 cm³/mol. The van der Waals surface area contributed by atoms with Crippen molar-refractivity contribution in [2.75, 3.05) is 27.3 Å². The van der Waals surface area contributed by atoms with Gasteiger partial charge in [-0.1, -0.05) is 6.07 Å². The van der Waals surface area contributed by atoms with Crippen molar-refractivity contribution in [2.45, 2.75) is 18.9 Å². The Hall–Kier alpha value is -2.64. The number of hydrazine groups is 1. The van der Waals surface area contributed by atoms with Gasteiger partial charge in [0.05, 0.1) is 25.8 Å². The lowest BCUT2D eigenvalue weighted by atomic mass is 9.98. The van der Waals surface area contributed by atoms with Gasteiger partial charge in [-0.3, -0.25) is 15.6 Å². The first-order valence-electron chi connectivity index (χ1n) is 8.81. The molecule has 1 aliphatic rings. The molecule has 6 nitrogen and oxygen atoms in total. The van der Waals surface area contributed by atoms with Crippen LogP contribution in [0.5, 0.6) is 11.5 Å². The zero-order chi connectivity index (χ0) is 19.4. The highest BCUT2D eigenvalue weighted by Crippen LogP contribution is 2.27. The maximum absolute atomic E-state index is 14.1. The van der Waals surface area contributed by atoms with E-state index in [1.807, 2.05) is 12.1 Å². The molecule has 2 aromatic carbocycles. The summed E-state index contributed by atoms with van der Waals surface area (Å²) in [5.74, 6) is 0.632. The number of amides is 1. The normalized spacial score (nSPS) is 15.4. The van der Waals surface area contributed by atoms with Crippen molar-refractivity contribution in [1.82, 2.24) is 16.2 Å². The van der Waals surface area contributed by atoms with Crippen LogP contribution in [0.25, 0.3) is 0 Å². The van der Waals surface area contributed by atoms with E-state index in [0.29, 0.717) is 28.5 Å². The van der Waals surface area contributed by atoms with Crippen molar-refractivity contribution in [3.63, 3.8) is 0 Å². The van der Waals surface area contributed by atoms with E-state index in [9.17, 15) is 9.18 Å². The standard InChI is InChI=1S/C20H24FN3O3/c1-12(17-9-15(26-2)5-7-18(17)21)24-20(25)16-6-4-13(8-19(16)27-3)14-10-22-23-11-14/h4-9,12,14,22-23H,10-11H2,1-3H3,(H,24,25). The number of benzene rings is 2. The molecule has 0 saturated carbocycles. The van der Waals surface area contributed by atoms with E-state index in [4.69, 9.17) is 9.47 Å². The number of carbonyl (C=O) groups excluding carboxylic acids is 1. The topological polar surface area (TPSA) is 71.6 Å². The van der Waals surface area contributed by atoms with Crippen LogP contribution in [0.15, 0.2) is 36.4 Å². The molecule has 0 bridgehead atoms. The SMILES string of the molecule is COc1ccc(F)c(C(C)NC(=O)c2ccc(C3CNNC3)cc2OC)c1. The molecule has 1 fully saturated rings. The minimum Gasteiger partial charge on any atom is -0.497 e. The van der Waals surface area contributed by atoms with Crippen LogP contribution in [-0.4, -0.2) is 33.2 Å². The second kappa shape index (κ2) is 8.37. The van der Waals surface area contributed by atoms with E-state index in [1.54, 1.807) is 25.1 Å². The van der Waals surface area contributed by atoms with Crippen LogP contribution >= 0.6 is 0 Å². The summed E-state index contributed by atoms with van der Waals surface area (Å²) in [7, 11) is 3.05. The molecule has 1 unspecified atom stereocenters. The van der Waals surface area contributed by atoms with Gasteiger partial charge in [-0.15, -0.1) is 0 Å². The van der Waals surface area contributed by atoms with Crippen molar-refractivity contribution >= 4 is 5.91 Å². The van der Waals surface area contributed by atoms with Crippen LogP contribution in [0.3, 0.4) is 0 Å². The summed E-state index contributed by atoms with van der Waals surface area (Å²) >= 11 is 0. The molecule has 0 aliphatic carbocycles. The molecule has 1 atom stereocenters. The third-order valence-electron chi connectivity index (χ3n) is 4.78. The molecule has 0 spiro atoms. The minimum atomic E-state index is -0.528. The number of carbonyl (C=O) groups is 1. The quantitative estimate of drug-likeness (QED) is 0.726. The molecule has 2 aromatic rings. The van der Waals surface area contributed by atoms with E-state index >= 15 is 0 Å². The highest BCUT2D eigenvalue weighted by Gasteiger charge is 2.21. The van der Waals surface area contributed by atoms with Crippen molar-refractivity contribution in [3.8, 4) is 11.5 Å². The zero-order valence-electron chi connectivity index (χ0n) is 15.6. The third-order valence-corrected chi connectivity index (χ3v) is 4.78. The van der Waals surface area contributed by atoms with Crippen LogP contribution in [0, 0.1) is 5.82 Å².